The molecule has 6 nitrogen and oxygen atoms in total. The molecule has 1 saturated heterocycles. The Morgan fingerprint density at radius 3 is 2.83 bits per heavy atom. The Morgan fingerprint density at radius 2 is 2.17 bits per heavy atom. The van der Waals surface area contributed by atoms with Crippen LogP contribution in [0.4, 0.5) is 0 Å². The average molecular weight is 320 g/mol. The lowest BCUT2D eigenvalue weighted by molar-refractivity contribution is -0.0331. The van der Waals surface area contributed by atoms with Crippen LogP contribution in [0.1, 0.15) is 35.8 Å². The van der Waals surface area contributed by atoms with Crippen LogP contribution in [0.3, 0.4) is 0 Å². The van der Waals surface area contributed by atoms with Crippen molar-refractivity contribution in [2.45, 2.75) is 32.3 Å². The smallest absolute Gasteiger partial charge is 0.257 e. The Bertz CT molecular complexity index is 553. The molecule has 0 aromatic carbocycles. The summed E-state index contributed by atoms with van der Waals surface area (Å²) in [5, 5.41) is 4.42. The third-order valence-corrected chi connectivity index (χ3v) is 4.70. The highest BCUT2D eigenvalue weighted by atomic mass is 16.5. The van der Waals surface area contributed by atoms with Crippen molar-refractivity contribution in [2.75, 3.05) is 39.8 Å². The molecular weight excluding hydrogens is 292 g/mol. The van der Waals surface area contributed by atoms with Gasteiger partial charge in [0.15, 0.2) is 0 Å². The number of morpholine rings is 1. The third kappa shape index (κ3) is 4.12. The minimum Gasteiger partial charge on any atom is -0.374 e. The van der Waals surface area contributed by atoms with E-state index in [4.69, 9.17) is 4.74 Å². The molecule has 0 spiro atoms. The minimum absolute atomic E-state index is 0.109. The molecule has 1 aromatic rings. The number of aryl methyl sites for hydroxylation is 2. The van der Waals surface area contributed by atoms with Crippen LogP contribution < -0.4 is 0 Å². The maximum atomic E-state index is 13.1. The topological polar surface area (TPSA) is 50.6 Å². The van der Waals surface area contributed by atoms with Gasteiger partial charge in [-0.05, 0) is 32.2 Å². The molecule has 2 heterocycles. The predicted octanol–water partition coefficient (Wildman–Crippen LogP) is 1.17. The number of hydrogen-bond donors (Lipinski definition) is 0. The lowest BCUT2D eigenvalue weighted by atomic mass is 10.1. The van der Waals surface area contributed by atoms with E-state index in [2.05, 4.69) is 17.0 Å². The summed E-state index contributed by atoms with van der Waals surface area (Å²) in [5.41, 5.74) is 1.64. The van der Waals surface area contributed by atoms with E-state index in [1.807, 2.05) is 25.1 Å². The molecule has 3 rings (SSSR count). The molecule has 0 radical (unpaired) electrons. The largest absolute Gasteiger partial charge is 0.374 e. The van der Waals surface area contributed by atoms with E-state index < -0.39 is 0 Å². The van der Waals surface area contributed by atoms with Gasteiger partial charge in [0.1, 0.15) is 0 Å². The molecular formula is C17H28N4O2. The number of rotatable bonds is 6. The van der Waals surface area contributed by atoms with Crippen molar-refractivity contribution < 1.29 is 9.53 Å². The van der Waals surface area contributed by atoms with E-state index in [0.29, 0.717) is 12.5 Å². The van der Waals surface area contributed by atoms with Gasteiger partial charge in [-0.2, -0.15) is 5.10 Å². The van der Waals surface area contributed by atoms with Gasteiger partial charge in [0, 0.05) is 39.4 Å². The van der Waals surface area contributed by atoms with Crippen molar-refractivity contribution >= 4 is 5.91 Å². The second-order valence-electron chi connectivity index (χ2n) is 6.93. The molecule has 1 saturated carbocycles. The normalized spacial score (nSPS) is 22.3. The summed E-state index contributed by atoms with van der Waals surface area (Å²) in [7, 11) is 3.99. The number of likely N-dealkylation sites (N-methyl/N-ethyl adjacent to an activating group) is 1. The van der Waals surface area contributed by atoms with Gasteiger partial charge in [0.2, 0.25) is 0 Å². The first-order valence-electron chi connectivity index (χ1n) is 8.68. The zero-order valence-electron chi connectivity index (χ0n) is 14.5. The van der Waals surface area contributed by atoms with Crippen molar-refractivity contribution in [3.8, 4) is 0 Å². The zero-order chi connectivity index (χ0) is 16.4. The Labute approximate surface area is 138 Å². The fraction of sp³-hybridized carbons (Fsp3) is 0.765. The van der Waals surface area contributed by atoms with Crippen LogP contribution >= 0.6 is 0 Å². The number of carbonyl (C=O) groups is 1. The second kappa shape index (κ2) is 7.01. The molecule has 1 aliphatic heterocycles. The summed E-state index contributed by atoms with van der Waals surface area (Å²) in [6.45, 7) is 6.18. The van der Waals surface area contributed by atoms with Gasteiger partial charge in [-0.1, -0.05) is 6.92 Å². The highest BCUT2D eigenvalue weighted by Gasteiger charge is 2.31. The number of aromatic nitrogens is 2. The molecule has 1 atom stereocenters. The van der Waals surface area contributed by atoms with Gasteiger partial charge in [0.05, 0.1) is 24.0 Å². The molecule has 23 heavy (non-hydrogen) atoms. The molecule has 2 fully saturated rings. The van der Waals surface area contributed by atoms with E-state index in [1.165, 1.54) is 12.8 Å². The standard InChI is InChI=1S/C17H28N4O2/c1-4-16-15(12-20(3)18-16)17(22)21(9-13-5-6-13)11-14-10-19(2)7-8-23-14/h12-14H,4-11H2,1-3H3. The molecule has 0 N–H and O–H groups in total. The lowest BCUT2D eigenvalue weighted by Crippen LogP contribution is -2.48. The monoisotopic (exact) mass is 320 g/mol. The summed E-state index contributed by atoms with van der Waals surface area (Å²) < 4.78 is 7.61. The fourth-order valence-electron chi connectivity index (χ4n) is 3.22. The molecule has 6 heteroatoms. The second-order valence-corrected chi connectivity index (χ2v) is 6.93. The van der Waals surface area contributed by atoms with Crippen LogP contribution in [0, 0.1) is 5.92 Å². The molecule has 1 aromatic heterocycles. The summed E-state index contributed by atoms with van der Waals surface area (Å²) >= 11 is 0. The van der Waals surface area contributed by atoms with E-state index in [-0.39, 0.29) is 12.0 Å². The SMILES string of the molecule is CCc1nn(C)cc1C(=O)N(CC1CC1)CC1CN(C)CCO1. The summed E-state index contributed by atoms with van der Waals surface area (Å²) in [6, 6.07) is 0. The lowest BCUT2D eigenvalue weighted by Gasteiger charge is -2.34. The van der Waals surface area contributed by atoms with Crippen LogP contribution in [0.15, 0.2) is 6.20 Å². The number of carbonyl (C=O) groups excluding carboxylic acids is 1. The molecule has 1 aliphatic carbocycles. The Balaban J connectivity index is 1.73. The highest BCUT2D eigenvalue weighted by Crippen LogP contribution is 2.30. The van der Waals surface area contributed by atoms with Gasteiger partial charge in [-0.15, -0.1) is 0 Å². The molecule has 0 bridgehead atoms. The summed E-state index contributed by atoms with van der Waals surface area (Å²) in [6.07, 6.45) is 5.22. The average Bonchev–Trinajstić information content (AvgIpc) is 3.26. The predicted molar refractivity (Wildman–Crippen MR) is 88.5 cm³/mol. The third-order valence-electron chi connectivity index (χ3n) is 4.70. The quantitative estimate of drug-likeness (QED) is 0.789. The van der Waals surface area contributed by atoms with Crippen LogP contribution in [0.5, 0.6) is 0 Å². The molecule has 128 valence electrons. The van der Waals surface area contributed by atoms with Crippen LogP contribution in [0.25, 0.3) is 0 Å². The van der Waals surface area contributed by atoms with Crippen molar-refractivity contribution in [1.82, 2.24) is 19.6 Å². The van der Waals surface area contributed by atoms with E-state index >= 15 is 0 Å². The first-order valence-corrected chi connectivity index (χ1v) is 8.68. The van der Waals surface area contributed by atoms with Gasteiger partial charge >= 0.3 is 0 Å². The number of amides is 1. The first kappa shape index (κ1) is 16.5. The van der Waals surface area contributed by atoms with Crippen molar-refractivity contribution in [2.24, 2.45) is 13.0 Å². The van der Waals surface area contributed by atoms with Crippen LogP contribution in [0.2, 0.25) is 0 Å². The Kier molecular flexibility index (Phi) is 5.02. The maximum Gasteiger partial charge on any atom is 0.257 e. The van der Waals surface area contributed by atoms with Crippen molar-refractivity contribution in [3.05, 3.63) is 17.5 Å². The number of nitrogens with zero attached hydrogens (tertiary/aromatic N) is 4. The van der Waals surface area contributed by atoms with E-state index in [0.717, 1.165) is 43.9 Å². The summed E-state index contributed by atoms with van der Waals surface area (Å²) in [4.78, 5) is 17.3. The van der Waals surface area contributed by atoms with Gasteiger partial charge in [-0.3, -0.25) is 9.48 Å². The van der Waals surface area contributed by atoms with Crippen LogP contribution in [-0.2, 0) is 18.2 Å². The molecule has 1 unspecified atom stereocenters. The molecule has 1 amide bonds. The van der Waals surface area contributed by atoms with Gasteiger partial charge in [0.25, 0.3) is 5.91 Å². The van der Waals surface area contributed by atoms with E-state index in [1.54, 1.807) is 4.68 Å². The number of hydrogen-bond acceptors (Lipinski definition) is 4. The van der Waals surface area contributed by atoms with Crippen molar-refractivity contribution in [1.29, 1.82) is 0 Å². The molecule has 2 aliphatic rings. The zero-order valence-corrected chi connectivity index (χ0v) is 14.5. The Morgan fingerprint density at radius 1 is 1.39 bits per heavy atom. The van der Waals surface area contributed by atoms with Gasteiger partial charge < -0.3 is 14.5 Å². The first-order chi connectivity index (χ1) is 11.1. The van der Waals surface area contributed by atoms with E-state index in [9.17, 15) is 4.79 Å². The fourth-order valence-corrected chi connectivity index (χ4v) is 3.22. The summed E-state index contributed by atoms with van der Waals surface area (Å²) in [5.74, 6) is 0.778. The minimum atomic E-state index is 0.109. The van der Waals surface area contributed by atoms with Gasteiger partial charge in [-0.25, -0.2) is 0 Å². The maximum absolute atomic E-state index is 13.1. The Hall–Kier alpha value is -1.40. The number of ether oxygens (including phenoxy) is 1. The highest BCUT2D eigenvalue weighted by molar-refractivity contribution is 5.95. The van der Waals surface area contributed by atoms with Crippen molar-refractivity contribution in [3.63, 3.8) is 0 Å². The van der Waals surface area contributed by atoms with Crippen LogP contribution in [-0.4, -0.2) is 71.4 Å².